The molecular formula is C34H36BrF3N2O6. The fraction of sp³-hybridized carbons (Fsp3) is 0.471. The lowest BCUT2D eigenvalue weighted by molar-refractivity contribution is -0.385. The number of benzene rings is 2. The van der Waals surface area contributed by atoms with Gasteiger partial charge in [0.25, 0.3) is 0 Å². The molecule has 3 aliphatic rings. The number of ether oxygens (including phenoxy) is 2. The van der Waals surface area contributed by atoms with Crippen molar-refractivity contribution in [3.05, 3.63) is 84.7 Å². The highest BCUT2D eigenvalue weighted by Gasteiger charge is 2.49. The van der Waals surface area contributed by atoms with Crippen molar-refractivity contribution >= 4 is 33.2 Å². The van der Waals surface area contributed by atoms with Gasteiger partial charge in [-0.05, 0) is 60.4 Å². The zero-order chi connectivity index (χ0) is 33.8. The van der Waals surface area contributed by atoms with Gasteiger partial charge in [-0.25, -0.2) is 0 Å². The lowest BCUT2D eigenvalue weighted by atomic mass is 9.63. The van der Waals surface area contributed by atoms with Crippen molar-refractivity contribution < 1.29 is 37.2 Å². The molecule has 2 aliphatic carbocycles. The highest BCUT2D eigenvalue weighted by atomic mass is 79.9. The maximum atomic E-state index is 14.1. The van der Waals surface area contributed by atoms with Gasteiger partial charge in [0.15, 0.2) is 11.6 Å². The SMILES string of the molecule is COCCCN1C2=C(C(=O)CC(C)(C)C2)C(c2cc(Br)ccc2Oc2ccc(C(F)(F)F)cc2[N+](=O)[O-])C2=C1CC(C)(C)CC2=O. The highest BCUT2D eigenvalue weighted by Crippen LogP contribution is 2.56. The van der Waals surface area contributed by atoms with E-state index in [1.54, 1.807) is 25.3 Å². The Bertz CT molecular complexity index is 1620. The van der Waals surface area contributed by atoms with Crippen molar-refractivity contribution in [2.45, 2.75) is 71.9 Å². The quantitative estimate of drug-likeness (QED) is 0.154. The summed E-state index contributed by atoms with van der Waals surface area (Å²) in [5, 5.41) is 11.9. The molecule has 2 aromatic rings. The molecule has 46 heavy (non-hydrogen) atoms. The summed E-state index contributed by atoms with van der Waals surface area (Å²) in [6.07, 6.45) is -2.45. The minimum atomic E-state index is -4.79. The monoisotopic (exact) mass is 704 g/mol. The Balaban J connectivity index is 1.74. The van der Waals surface area contributed by atoms with E-state index in [-0.39, 0.29) is 41.0 Å². The summed E-state index contributed by atoms with van der Waals surface area (Å²) in [4.78, 5) is 41.4. The van der Waals surface area contributed by atoms with Gasteiger partial charge in [0.05, 0.1) is 10.5 Å². The normalized spacial score (nSPS) is 19.7. The molecule has 8 nitrogen and oxygen atoms in total. The Labute approximate surface area is 273 Å². The molecule has 0 N–H and O–H groups in total. The molecule has 0 spiro atoms. The van der Waals surface area contributed by atoms with E-state index < -0.39 is 34.0 Å². The van der Waals surface area contributed by atoms with Crippen LogP contribution in [0.5, 0.6) is 11.5 Å². The minimum absolute atomic E-state index is 0.0952. The molecule has 0 aromatic heterocycles. The van der Waals surface area contributed by atoms with Crippen molar-refractivity contribution in [2.75, 3.05) is 20.3 Å². The van der Waals surface area contributed by atoms with E-state index in [0.29, 0.717) is 59.7 Å². The van der Waals surface area contributed by atoms with Crippen LogP contribution in [0, 0.1) is 20.9 Å². The molecule has 2 aromatic carbocycles. The number of hydrogen-bond acceptors (Lipinski definition) is 7. The van der Waals surface area contributed by atoms with Gasteiger partial charge in [-0.1, -0.05) is 43.6 Å². The van der Waals surface area contributed by atoms with E-state index >= 15 is 0 Å². The zero-order valence-corrected chi connectivity index (χ0v) is 27.9. The Morgan fingerprint density at radius 2 is 1.50 bits per heavy atom. The number of rotatable bonds is 8. The summed E-state index contributed by atoms with van der Waals surface area (Å²) in [6.45, 7) is 9.19. The van der Waals surface area contributed by atoms with Crippen molar-refractivity contribution in [1.82, 2.24) is 4.90 Å². The van der Waals surface area contributed by atoms with Gasteiger partial charge < -0.3 is 14.4 Å². The minimum Gasteiger partial charge on any atom is -0.450 e. The predicted molar refractivity (Wildman–Crippen MR) is 168 cm³/mol. The molecule has 12 heteroatoms. The second-order valence-corrected chi connectivity index (χ2v) is 14.7. The first kappa shape index (κ1) is 33.8. The van der Waals surface area contributed by atoms with Crippen molar-refractivity contribution in [1.29, 1.82) is 0 Å². The summed E-state index contributed by atoms with van der Waals surface area (Å²) in [7, 11) is 1.62. The maximum Gasteiger partial charge on any atom is 0.416 e. The summed E-state index contributed by atoms with van der Waals surface area (Å²) in [6, 6.07) is 6.97. The topological polar surface area (TPSA) is 99.0 Å². The third kappa shape index (κ3) is 6.64. The maximum absolute atomic E-state index is 14.1. The van der Waals surface area contributed by atoms with Gasteiger partial charge in [-0.2, -0.15) is 13.2 Å². The van der Waals surface area contributed by atoms with Crippen LogP contribution in [0.15, 0.2) is 63.4 Å². The first-order valence-corrected chi connectivity index (χ1v) is 15.8. The molecule has 0 amide bonds. The molecule has 0 bridgehead atoms. The third-order valence-electron chi connectivity index (χ3n) is 8.74. The number of nitrogens with zero attached hydrogens (tertiary/aromatic N) is 2. The van der Waals surface area contributed by atoms with Crippen molar-refractivity contribution in [3.63, 3.8) is 0 Å². The van der Waals surface area contributed by atoms with Crippen LogP contribution in [0.1, 0.15) is 76.8 Å². The smallest absolute Gasteiger partial charge is 0.416 e. The predicted octanol–water partition coefficient (Wildman–Crippen LogP) is 8.89. The lowest BCUT2D eigenvalue weighted by Gasteiger charge is -2.49. The van der Waals surface area contributed by atoms with Gasteiger partial charge in [0, 0.05) is 77.7 Å². The number of ketones is 2. The number of methoxy groups -OCH3 is 1. The molecule has 0 saturated heterocycles. The Morgan fingerprint density at radius 3 is 2.02 bits per heavy atom. The van der Waals surface area contributed by atoms with Crippen LogP contribution in [0.25, 0.3) is 0 Å². The fourth-order valence-electron chi connectivity index (χ4n) is 6.87. The number of allylic oxidation sites excluding steroid dienone is 4. The third-order valence-corrected chi connectivity index (χ3v) is 9.23. The van der Waals surface area contributed by atoms with Gasteiger partial charge in [-0.15, -0.1) is 0 Å². The molecule has 0 atom stereocenters. The number of carbonyl (C=O) groups excluding carboxylic acids is 2. The standard InChI is InChI=1S/C34H36BrF3N2O6/c1-32(2)15-23-30(25(41)17-32)29(31-24(39(23)11-6-12-45-5)16-33(3,4)18-26(31)42)21-14-20(35)8-10-27(21)46-28-9-7-19(34(36,37)38)13-22(28)40(43)44/h7-10,13-14,29H,6,11-12,15-18H2,1-5H3. The number of nitro benzene ring substituents is 1. The second kappa shape index (κ2) is 12.3. The average Bonchev–Trinajstić information content (AvgIpc) is 2.92. The summed E-state index contributed by atoms with van der Waals surface area (Å²) >= 11 is 3.50. The first-order valence-electron chi connectivity index (χ1n) is 15.0. The van der Waals surface area contributed by atoms with E-state index in [9.17, 15) is 32.9 Å². The number of nitro groups is 1. The van der Waals surface area contributed by atoms with Gasteiger partial charge in [0.1, 0.15) is 5.75 Å². The molecule has 0 radical (unpaired) electrons. The van der Waals surface area contributed by atoms with Gasteiger partial charge >= 0.3 is 11.9 Å². The van der Waals surface area contributed by atoms with Crippen LogP contribution < -0.4 is 4.74 Å². The van der Waals surface area contributed by atoms with Crippen molar-refractivity contribution in [3.8, 4) is 11.5 Å². The van der Waals surface area contributed by atoms with Crippen LogP contribution in [-0.4, -0.2) is 41.7 Å². The Kier molecular flexibility index (Phi) is 9.02. The fourth-order valence-corrected chi connectivity index (χ4v) is 7.25. The molecular weight excluding hydrogens is 669 g/mol. The second-order valence-electron chi connectivity index (χ2n) is 13.8. The average molecular weight is 706 g/mol. The number of Topliss-reactive ketones (excluding diaryl/α,β-unsaturated/α-hetero) is 2. The molecule has 1 heterocycles. The first-order chi connectivity index (χ1) is 21.4. The lowest BCUT2D eigenvalue weighted by Crippen LogP contribution is -2.44. The van der Waals surface area contributed by atoms with Crippen LogP contribution in [-0.2, 0) is 20.5 Å². The highest BCUT2D eigenvalue weighted by molar-refractivity contribution is 9.10. The number of halogens is 4. The van der Waals surface area contributed by atoms with Crippen LogP contribution >= 0.6 is 15.9 Å². The molecule has 246 valence electrons. The summed E-state index contributed by atoms with van der Waals surface area (Å²) in [5.41, 5.74) is 0.313. The summed E-state index contributed by atoms with van der Waals surface area (Å²) < 4.78 is 52.3. The van der Waals surface area contributed by atoms with E-state index in [1.807, 2.05) is 27.7 Å². The van der Waals surface area contributed by atoms with Crippen molar-refractivity contribution in [2.24, 2.45) is 10.8 Å². The number of carbonyl (C=O) groups is 2. The van der Waals surface area contributed by atoms with Gasteiger partial charge in [0.2, 0.25) is 5.75 Å². The molecule has 0 unspecified atom stereocenters. The Morgan fingerprint density at radius 1 is 0.935 bits per heavy atom. The van der Waals surface area contributed by atoms with Crippen LogP contribution in [0.2, 0.25) is 0 Å². The number of hydrogen-bond donors (Lipinski definition) is 0. The molecule has 5 rings (SSSR count). The number of alkyl halides is 3. The zero-order valence-electron chi connectivity index (χ0n) is 26.3. The molecule has 0 fully saturated rings. The van der Waals surface area contributed by atoms with E-state index in [4.69, 9.17) is 9.47 Å². The molecule has 0 saturated carbocycles. The van der Waals surface area contributed by atoms with E-state index in [2.05, 4.69) is 20.8 Å². The van der Waals surface area contributed by atoms with E-state index in [0.717, 1.165) is 23.5 Å². The van der Waals surface area contributed by atoms with Gasteiger partial charge in [-0.3, -0.25) is 19.7 Å². The largest absolute Gasteiger partial charge is 0.450 e. The van der Waals surface area contributed by atoms with E-state index in [1.165, 1.54) is 0 Å². The molecule has 1 aliphatic heterocycles. The Hall–Kier alpha value is -3.51. The van der Waals surface area contributed by atoms with Crippen LogP contribution in [0.3, 0.4) is 0 Å². The summed E-state index contributed by atoms with van der Waals surface area (Å²) in [5.74, 6) is -1.35. The van der Waals surface area contributed by atoms with Crippen LogP contribution in [0.4, 0.5) is 18.9 Å².